The van der Waals surface area contributed by atoms with E-state index in [9.17, 15) is 13.2 Å². The van der Waals surface area contributed by atoms with Crippen LogP contribution in [0.3, 0.4) is 0 Å². The SMILES string of the molecule is Cc1ccc(C)n1-c1sc(=S)[nH]c1-c1ccccc1.Cc1ccc(C)n1-c1sc(SC(F)(F)F)nc1-c1ccccc1. The molecule has 0 saturated carbocycles. The van der Waals surface area contributed by atoms with Gasteiger partial charge in [0.2, 0.25) is 0 Å². The first-order valence-corrected chi connectivity index (χ1v) is 15.8. The van der Waals surface area contributed by atoms with Crippen molar-refractivity contribution < 1.29 is 13.2 Å². The minimum absolute atomic E-state index is 0.00106. The van der Waals surface area contributed by atoms with Crippen LogP contribution >= 0.6 is 46.7 Å². The minimum Gasteiger partial charge on any atom is -0.335 e. The molecule has 4 aromatic heterocycles. The number of aromatic amines is 1. The van der Waals surface area contributed by atoms with Gasteiger partial charge in [-0.1, -0.05) is 83.3 Å². The zero-order chi connectivity index (χ0) is 30.0. The summed E-state index contributed by atoms with van der Waals surface area (Å²) in [6.07, 6.45) is 0. The van der Waals surface area contributed by atoms with E-state index in [4.69, 9.17) is 12.2 Å². The lowest BCUT2D eigenvalue weighted by Gasteiger charge is -2.09. The largest absolute Gasteiger partial charge is 0.448 e. The maximum absolute atomic E-state index is 12.7. The summed E-state index contributed by atoms with van der Waals surface area (Å²) < 4.78 is 43.1. The Labute approximate surface area is 259 Å². The first-order valence-electron chi connectivity index (χ1n) is 12.9. The Morgan fingerprint density at radius 2 is 1.17 bits per heavy atom. The second-order valence-electron chi connectivity index (χ2n) is 9.51. The molecule has 4 heterocycles. The average molecular weight is 641 g/mol. The van der Waals surface area contributed by atoms with Gasteiger partial charge in [0.05, 0.1) is 5.69 Å². The van der Waals surface area contributed by atoms with Crippen LogP contribution in [0.2, 0.25) is 0 Å². The van der Waals surface area contributed by atoms with E-state index in [1.54, 1.807) is 11.3 Å². The van der Waals surface area contributed by atoms with Crippen LogP contribution in [-0.4, -0.2) is 24.6 Å². The number of thiazole rings is 2. The lowest BCUT2D eigenvalue weighted by Crippen LogP contribution is -1.98. The monoisotopic (exact) mass is 640 g/mol. The van der Waals surface area contributed by atoms with Gasteiger partial charge in [-0.05, 0) is 64.2 Å². The average Bonchev–Trinajstić information content (AvgIpc) is 3.70. The van der Waals surface area contributed by atoms with E-state index in [-0.39, 0.29) is 16.1 Å². The van der Waals surface area contributed by atoms with Crippen molar-refractivity contribution in [2.75, 3.05) is 0 Å². The number of hydrogen-bond acceptors (Lipinski definition) is 5. The number of rotatable bonds is 5. The molecule has 42 heavy (non-hydrogen) atoms. The first-order chi connectivity index (χ1) is 20.0. The van der Waals surface area contributed by atoms with Gasteiger partial charge in [0, 0.05) is 45.7 Å². The van der Waals surface area contributed by atoms with Crippen molar-refractivity contribution in [1.82, 2.24) is 19.1 Å². The zero-order valence-corrected chi connectivity index (χ0v) is 26.5. The molecule has 0 saturated heterocycles. The van der Waals surface area contributed by atoms with Crippen LogP contribution in [-0.2, 0) is 0 Å². The van der Waals surface area contributed by atoms with Crippen LogP contribution in [0.15, 0.2) is 89.3 Å². The molecule has 0 atom stereocenters. The molecule has 0 spiro atoms. The van der Waals surface area contributed by atoms with Gasteiger partial charge in [0.1, 0.15) is 15.7 Å². The van der Waals surface area contributed by atoms with Gasteiger partial charge in [-0.15, -0.1) is 0 Å². The quantitative estimate of drug-likeness (QED) is 0.151. The third-order valence-corrected chi connectivity index (χ3v) is 9.53. The number of thioether (sulfide) groups is 1. The molecule has 0 radical (unpaired) electrons. The summed E-state index contributed by atoms with van der Waals surface area (Å²) >= 11 is 7.84. The molecule has 4 nitrogen and oxygen atoms in total. The molecule has 0 aliphatic heterocycles. The summed E-state index contributed by atoms with van der Waals surface area (Å²) in [5.74, 6) is 0. The Bertz CT molecular complexity index is 1820. The van der Waals surface area contributed by atoms with E-state index in [0.29, 0.717) is 10.7 Å². The van der Waals surface area contributed by atoms with Gasteiger partial charge in [-0.25, -0.2) is 4.98 Å². The zero-order valence-electron chi connectivity index (χ0n) is 23.2. The van der Waals surface area contributed by atoms with E-state index >= 15 is 0 Å². The van der Waals surface area contributed by atoms with Crippen molar-refractivity contribution in [2.24, 2.45) is 0 Å². The third kappa shape index (κ3) is 6.64. The predicted octanol–water partition coefficient (Wildman–Crippen LogP) is 10.7. The molecule has 11 heteroatoms. The number of nitrogens with zero attached hydrogens (tertiary/aromatic N) is 3. The molecule has 1 N–H and O–H groups in total. The molecule has 2 aromatic carbocycles. The molecule has 0 amide bonds. The van der Waals surface area contributed by atoms with Crippen molar-refractivity contribution >= 4 is 46.7 Å². The summed E-state index contributed by atoms with van der Waals surface area (Å²) in [6, 6.07) is 27.8. The second-order valence-corrected chi connectivity index (χ2v) is 13.5. The summed E-state index contributed by atoms with van der Waals surface area (Å²) in [6.45, 7) is 8.09. The normalized spacial score (nSPS) is 11.4. The number of H-pyrrole nitrogens is 1. The lowest BCUT2D eigenvalue weighted by atomic mass is 10.1. The van der Waals surface area contributed by atoms with Crippen LogP contribution < -0.4 is 0 Å². The molecular formula is C31H27F3N4S4. The van der Waals surface area contributed by atoms with Crippen molar-refractivity contribution in [1.29, 1.82) is 0 Å². The number of nitrogens with one attached hydrogen (secondary N) is 1. The minimum atomic E-state index is -4.34. The van der Waals surface area contributed by atoms with Gasteiger partial charge in [-0.3, -0.25) is 0 Å². The molecule has 0 unspecified atom stereocenters. The molecule has 216 valence electrons. The number of aryl methyl sites for hydroxylation is 4. The first kappa shape index (κ1) is 30.1. The molecule has 6 aromatic rings. The van der Waals surface area contributed by atoms with E-state index in [0.717, 1.165) is 48.5 Å². The second kappa shape index (κ2) is 12.5. The maximum atomic E-state index is 12.7. The molecule has 0 aliphatic carbocycles. The van der Waals surface area contributed by atoms with Gasteiger partial charge in [0.25, 0.3) is 0 Å². The summed E-state index contributed by atoms with van der Waals surface area (Å²) in [5.41, 5.74) is 3.67. The number of hydrogen-bond donors (Lipinski definition) is 1. The van der Waals surface area contributed by atoms with Gasteiger partial charge < -0.3 is 14.1 Å². The van der Waals surface area contributed by atoms with Crippen molar-refractivity contribution in [2.45, 2.75) is 37.5 Å². The van der Waals surface area contributed by atoms with Gasteiger partial charge in [0.15, 0.2) is 8.29 Å². The Morgan fingerprint density at radius 3 is 1.67 bits per heavy atom. The number of alkyl halides is 3. The summed E-state index contributed by atoms with van der Waals surface area (Å²) in [4.78, 5) is 7.56. The Hall–Kier alpha value is -3.38. The predicted molar refractivity (Wildman–Crippen MR) is 172 cm³/mol. The van der Waals surface area contributed by atoms with Crippen LogP contribution in [0.5, 0.6) is 0 Å². The fourth-order valence-electron chi connectivity index (χ4n) is 4.63. The van der Waals surface area contributed by atoms with E-state index in [1.807, 2.05) is 79.1 Å². The summed E-state index contributed by atoms with van der Waals surface area (Å²) in [5, 5.41) is 1.87. The third-order valence-electron chi connectivity index (χ3n) is 6.48. The smallest absolute Gasteiger partial charge is 0.335 e. The van der Waals surface area contributed by atoms with Crippen LogP contribution in [0.4, 0.5) is 13.2 Å². The van der Waals surface area contributed by atoms with Crippen LogP contribution in [0.1, 0.15) is 22.8 Å². The van der Waals surface area contributed by atoms with Gasteiger partial charge >= 0.3 is 5.51 Å². The van der Waals surface area contributed by atoms with Crippen molar-refractivity contribution in [3.63, 3.8) is 0 Å². The van der Waals surface area contributed by atoms with E-state index in [2.05, 4.69) is 52.6 Å². The van der Waals surface area contributed by atoms with Crippen LogP contribution in [0, 0.1) is 31.6 Å². The highest BCUT2D eigenvalue weighted by molar-refractivity contribution is 8.01. The topological polar surface area (TPSA) is 38.5 Å². The lowest BCUT2D eigenvalue weighted by molar-refractivity contribution is -0.0328. The van der Waals surface area contributed by atoms with E-state index < -0.39 is 5.51 Å². The molecule has 6 rings (SSSR count). The van der Waals surface area contributed by atoms with Crippen molar-refractivity contribution in [3.8, 4) is 32.5 Å². The Balaban J connectivity index is 0.000000171. The Morgan fingerprint density at radius 1 is 0.690 bits per heavy atom. The number of halogens is 3. The molecular weight excluding hydrogens is 614 g/mol. The molecule has 0 aliphatic rings. The molecule has 0 bridgehead atoms. The molecule has 0 fully saturated rings. The standard InChI is InChI=1S/C16H13F3N2S2.C15H14N2S2/c1-10-8-9-11(2)21(10)14-13(12-6-4-3-5-7-12)20-15(22-14)23-16(17,18)19;1-10-8-9-11(2)17(10)14-13(16-15(18)19-14)12-6-4-3-5-7-12/h3-9H,1-2H3;3-9H,1-2H3,(H,16,18). The van der Waals surface area contributed by atoms with Gasteiger partial charge in [-0.2, -0.15) is 13.2 Å². The van der Waals surface area contributed by atoms with E-state index in [1.165, 1.54) is 11.4 Å². The summed E-state index contributed by atoms with van der Waals surface area (Å²) in [7, 11) is 0. The fraction of sp³-hybridized carbons (Fsp3) is 0.161. The highest BCUT2D eigenvalue weighted by Gasteiger charge is 2.32. The fourth-order valence-corrected chi connectivity index (χ4v) is 7.91. The maximum Gasteiger partial charge on any atom is 0.448 e. The Kier molecular flexibility index (Phi) is 8.93. The highest BCUT2D eigenvalue weighted by atomic mass is 32.2. The number of benzene rings is 2. The van der Waals surface area contributed by atoms with Crippen molar-refractivity contribution in [3.05, 3.63) is 112 Å². The van der Waals surface area contributed by atoms with Crippen LogP contribution in [0.25, 0.3) is 32.5 Å². The number of aromatic nitrogens is 4. The highest BCUT2D eigenvalue weighted by Crippen LogP contribution is 2.43.